The van der Waals surface area contributed by atoms with Crippen LogP contribution in [0.1, 0.15) is 42.7 Å². The Morgan fingerprint density at radius 1 is 1.06 bits per heavy atom. The van der Waals surface area contributed by atoms with Crippen LogP contribution in [-0.2, 0) is 32.2 Å². The molecule has 190 valence electrons. The number of fused-ring (bicyclic) bond motifs is 2. The summed E-state index contributed by atoms with van der Waals surface area (Å²) >= 11 is 0. The molecule has 1 aromatic heterocycles. The Morgan fingerprint density at radius 3 is 2.50 bits per heavy atom. The first kappa shape index (κ1) is 25.1. The number of aliphatic carboxylic acids is 1. The predicted molar refractivity (Wildman–Crippen MR) is 133 cm³/mol. The number of carbonyl (C=O) groups is 3. The zero-order valence-corrected chi connectivity index (χ0v) is 20.4. The highest BCUT2D eigenvalue weighted by atomic mass is 16.5. The normalized spacial score (nSPS) is 14.7. The lowest BCUT2D eigenvalue weighted by atomic mass is 10.1. The third-order valence-electron chi connectivity index (χ3n) is 5.99. The van der Waals surface area contributed by atoms with Gasteiger partial charge in [0.15, 0.2) is 0 Å². The standard InChI is InChI=1S/C27H30N2O7/c1-3-34-26(32)14-20-17-28(16-18-8-6-5-7-9-18)22-15-21-19(13-24(22)36-20)12-23(27(33)35-4-2)29(21)11-10-25(30)31/h5-9,12-13,15,20H,3-4,10-11,14,16-17H2,1-2H3,(H,30,31). The van der Waals surface area contributed by atoms with Crippen molar-refractivity contribution in [2.45, 2.75) is 45.9 Å². The number of anilines is 1. The summed E-state index contributed by atoms with van der Waals surface area (Å²) in [4.78, 5) is 38.3. The van der Waals surface area contributed by atoms with Crippen molar-refractivity contribution in [1.29, 1.82) is 0 Å². The van der Waals surface area contributed by atoms with Gasteiger partial charge in [0.2, 0.25) is 0 Å². The van der Waals surface area contributed by atoms with E-state index in [2.05, 4.69) is 4.90 Å². The Labute approximate surface area is 209 Å². The van der Waals surface area contributed by atoms with Gasteiger partial charge in [0.25, 0.3) is 0 Å². The summed E-state index contributed by atoms with van der Waals surface area (Å²) in [6, 6.07) is 15.4. The highest BCUT2D eigenvalue weighted by Crippen LogP contribution is 2.40. The Balaban J connectivity index is 1.77. The molecule has 36 heavy (non-hydrogen) atoms. The third kappa shape index (κ3) is 5.62. The summed E-state index contributed by atoms with van der Waals surface area (Å²) in [5.41, 5.74) is 2.89. The van der Waals surface area contributed by atoms with E-state index in [9.17, 15) is 19.5 Å². The molecule has 0 spiro atoms. The summed E-state index contributed by atoms with van der Waals surface area (Å²) in [6.07, 6.45) is -0.431. The first-order valence-corrected chi connectivity index (χ1v) is 12.1. The van der Waals surface area contributed by atoms with Gasteiger partial charge in [-0.25, -0.2) is 4.79 Å². The lowest BCUT2D eigenvalue weighted by Crippen LogP contribution is -2.41. The number of carboxylic acids is 1. The van der Waals surface area contributed by atoms with Crippen molar-refractivity contribution in [3.8, 4) is 5.75 Å². The number of hydrogen-bond donors (Lipinski definition) is 1. The SMILES string of the molecule is CCOC(=O)CC1CN(Cc2ccccc2)c2cc3c(cc2O1)cc(C(=O)OCC)n3CCC(=O)O. The molecule has 3 aromatic rings. The Bertz CT molecular complexity index is 1250. The van der Waals surface area contributed by atoms with Crippen molar-refractivity contribution in [2.24, 2.45) is 0 Å². The number of rotatable bonds is 10. The van der Waals surface area contributed by atoms with Crippen molar-refractivity contribution in [3.63, 3.8) is 0 Å². The van der Waals surface area contributed by atoms with E-state index < -0.39 is 18.0 Å². The summed E-state index contributed by atoms with van der Waals surface area (Å²) in [5.74, 6) is -1.21. The van der Waals surface area contributed by atoms with Crippen LogP contribution in [0.5, 0.6) is 5.75 Å². The van der Waals surface area contributed by atoms with Gasteiger partial charge in [-0.15, -0.1) is 0 Å². The summed E-state index contributed by atoms with van der Waals surface area (Å²) < 4.78 is 18.3. The molecule has 0 radical (unpaired) electrons. The van der Waals surface area contributed by atoms with Crippen molar-refractivity contribution < 1.29 is 33.7 Å². The van der Waals surface area contributed by atoms with E-state index in [1.807, 2.05) is 42.5 Å². The number of carbonyl (C=O) groups excluding carboxylic acids is 2. The van der Waals surface area contributed by atoms with Gasteiger partial charge in [0.05, 0.1) is 43.8 Å². The maximum atomic E-state index is 12.7. The molecule has 1 aliphatic rings. The van der Waals surface area contributed by atoms with Crippen LogP contribution < -0.4 is 9.64 Å². The third-order valence-corrected chi connectivity index (χ3v) is 5.99. The number of benzene rings is 2. The molecule has 0 saturated carbocycles. The molecular weight excluding hydrogens is 464 g/mol. The van der Waals surface area contributed by atoms with Crippen LogP contribution in [0.4, 0.5) is 5.69 Å². The molecule has 0 amide bonds. The molecule has 0 fully saturated rings. The fraction of sp³-hybridized carbons (Fsp3) is 0.370. The first-order chi connectivity index (χ1) is 17.4. The second kappa shape index (κ2) is 11.2. The Morgan fingerprint density at radius 2 is 1.81 bits per heavy atom. The number of carboxylic acid groups (broad SMARTS) is 1. The number of esters is 2. The van der Waals surface area contributed by atoms with Crippen molar-refractivity contribution in [1.82, 2.24) is 4.57 Å². The zero-order chi connectivity index (χ0) is 25.7. The smallest absolute Gasteiger partial charge is 0.354 e. The minimum absolute atomic E-state index is 0.115. The molecule has 1 unspecified atom stereocenters. The van der Waals surface area contributed by atoms with Gasteiger partial charge in [-0.1, -0.05) is 30.3 Å². The van der Waals surface area contributed by atoms with E-state index in [0.29, 0.717) is 31.0 Å². The van der Waals surface area contributed by atoms with Gasteiger partial charge in [0, 0.05) is 18.5 Å². The van der Waals surface area contributed by atoms with Gasteiger partial charge >= 0.3 is 17.9 Å². The summed E-state index contributed by atoms with van der Waals surface area (Å²) in [6.45, 7) is 5.17. The highest BCUT2D eigenvalue weighted by Gasteiger charge is 2.30. The molecule has 0 saturated heterocycles. The molecule has 0 bridgehead atoms. The van der Waals surface area contributed by atoms with Gasteiger partial charge in [-0.05, 0) is 37.6 Å². The second-order valence-corrected chi connectivity index (χ2v) is 8.54. The van der Waals surface area contributed by atoms with Crippen LogP contribution in [0.15, 0.2) is 48.5 Å². The van der Waals surface area contributed by atoms with E-state index in [1.165, 1.54) is 0 Å². The molecule has 9 nitrogen and oxygen atoms in total. The van der Waals surface area contributed by atoms with E-state index in [4.69, 9.17) is 14.2 Å². The Hall–Kier alpha value is -4.01. The van der Waals surface area contributed by atoms with Gasteiger partial charge < -0.3 is 28.8 Å². The number of hydrogen-bond acceptors (Lipinski definition) is 7. The molecular formula is C27H30N2O7. The molecule has 2 heterocycles. The topological polar surface area (TPSA) is 107 Å². The average molecular weight is 495 g/mol. The van der Waals surface area contributed by atoms with E-state index in [1.54, 1.807) is 24.5 Å². The van der Waals surface area contributed by atoms with Gasteiger partial charge in [0.1, 0.15) is 17.5 Å². The maximum absolute atomic E-state index is 12.7. The van der Waals surface area contributed by atoms with E-state index in [-0.39, 0.29) is 37.7 Å². The molecule has 1 aliphatic heterocycles. The molecule has 2 aromatic carbocycles. The summed E-state index contributed by atoms with van der Waals surface area (Å²) in [7, 11) is 0. The number of ether oxygens (including phenoxy) is 3. The van der Waals surface area contributed by atoms with Crippen molar-refractivity contribution in [3.05, 3.63) is 59.8 Å². The maximum Gasteiger partial charge on any atom is 0.354 e. The number of aryl methyl sites for hydroxylation is 1. The van der Waals surface area contributed by atoms with Crippen LogP contribution in [0.25, 0.3) is 10.9 Å². The highest BCUT2D eigenvalue weighted by molar-refractivity contribution is 5.98. The minimum atomic E-state index is -0.958. The van der Waals surface area contributed by atoms with Crippen LogP contribution >= 0.6 is 0 Å². The molecule has 9 heteroatoms. The zero-order valence-electron chi connectivity index (χ0n) is 20.4. The van der Waals surface area contributed by atoms with E-state index in [0.717, 1.165) is 16.6 Å². The van der Waals surface area contributed by atoms with Gasteiger partial charge in [-0.2, -0.15) is 0 Å². The number of aromatic nitrogens is 1. The molecule has 4 rings (SSSR count). The van der Waals surface area contributed by atoms with Crippen LogP contribution in [-0.4, -0.2) is 53.4 Å². The van der Waals surface area contributed by atoms with Crippen LogP contribution in [0.2, 0.25) is 0 Å². The lowest BCUT2D eigenvalue weighted by molar-refractivity contribution is -0.145. The fourth-order valence-corrected chi connectivity index (χ4v) is 4.47. The minimum Gasteiger partial charge on any atom is -0.486 e. The first-order valence-electron chi connectivity index (χ1n) is 12.1. The molecule has 1 atom stereocenters. The lowest BCUT2D eigenvalue weighted by Gasteiger charge is -2.36. The molecule has 0 aliphatic carbocycles. The van der Waals surface area contributed by atoms with Crippen molar-refractivity contribution >= 4 is 34.5 Å². The Kier molecular flexibility index (Phi) is 7.77. The molecule has 1 N–H and O–H groups in total. The van der Waals surface area contributed by atoms with Crippen molar-refractivity contribution in [2.75, 3.05) is 24.7 Å². The fourth-order valence-electron chi connectivity index (χ4n) is 4.47. The summed E-state index contributed by atoms with van der Waals surface area (Å²) in [5, 5.41) is 9.98. The monoisotopic (exact) mass is 494 g/mol. The van der Waals surface area contributed by atoms with Gasteiger partial charge in [-0.3, -0.25) is 9.59 Å². The largest absolute Gasteiger partial charge is 0.486 e. The average Bonchev–Trinajstić information content (AvgIpc) is 3.20. The number of nitrogens with zero attached hydrogens (tertiary/aromatic N) is 2. The van der Waals surface area contributed by atoms with Crippen LogP contribution in [0, 0.1) is 0 Å². The quantitative estimate of drug-likeness (QED) is 0.421. The predicted octanol–water partition coefficient (Wildman–Crippen LogP) is 4.01. The second-order valence-electron chi connectivity index (χ2n) is 8.54. The van der Waals surface area contributed by atoms with E-state index >= 15 is 0 Å². The van der Waals surface area contributed by atoms with Crippen LogP contribution in [0.3, 0.4) is 0 Å².